The Bertz CT molecular complexity index is 285. The van der Waals surface area contributed by atoms with Crippen molar-refractivity contribution in [3.8, 4) is 0 Å². The highest BCUT2D eigenvalue weighted by Crippen LogP contribution is 2.63. The fourth-order valence-corrected chi connectivity index (χ4v) is 3.83. The first kappa shape index (κ1) is 12.8. The zero-order valence-electron chi connectivity index (χ0n) is 11.1. The summed E-state index contributed by atoms with van der Waals surface area (Å²) in [4.78, 5) is 0. The van der Waals surface area contributed by atoms with Gasteiger partial charge in [-0.05, 0) is 0 Å². The van der Waals surface area contributed by atoms with Gasteiger partial charge in [0.1, 0.15) is 0 Å². The first-order valence-electron chi connectivity index (χ1n) is 6.19. The van der Waals surface area contributed by atoms with E-state index >= 15 is 0 Å². The quantitative estimate of drug-likeness (QED) is 0.668. The molecule has 0 amide bonds. The Hall–Kier alpha value is -0.240. The zero-order chi connectivity index (χ0) is 12.9. The maximum atomic E-state index is 5.75. The van der Waals surface area contributed by atoms with Crippen molar-refractivity contribution in [1.29, 1.82) is 0 Å². The Kier molecular flexibility index (Phi) is 3.34. The first-order chi connectivity index (χ1) is 8.76. The smallest absolute Gasteiger partial charge is 0.167 e. The molecule has 0 bridgehead atoms. The van der Waals surface area contributed by atoms with Crippen molar-refractivity contribution in [3.63, 3.8) is 0 Å². The average Bonchev–Trinajstić information content (AvgIpc) is 2.82. The van der Waals surface area contributed by atoms with Gasteiger partial charge in [0.15, 0.2) is 25.2 Å². The van der Waals surface area contributed by atoms with Crippen molar-refractivity contribution in [2.75, 3.05) is 28.4 Å². The molecule has 0 aromatic heterocycles. The summed E-state index contributed by atoms with van der Waals surface area (Å²) >= 11 is 0. The first-order valence-corrected chi connectivity index (χ1v) is 6.19. The lowest BCUT2D eigenvalue weighted by molar-refractivity contribution is -0.290. The second kappa shape index (κ2) is 4.70. The molecule has 0 aromatic rings. The van der Waals surface area contributed by atoms with Gasteiger partial charge in [-0.25, -0.2) is 0 Å². The standard InChI is InChI=1S/C12H20O6/c1-13-9(14-2)5-6-8-7(5)11(16-4)18-12(8)17-10(6)15-3/h5-12H,1-4H3/t5?,6-,7+,8?,10?,11?,12?. The number of hydrogen-bond donors (Lipinski definition) is 0. The zero-order valence-corrected chi connectivity index (χ0v) is 11.1. The van der Waals surface area contributed by atoms with E-state index in [0.717, 1.165) is 0 Å². The van der Waals surface area contributed by atoms with Crippen molar-refractivity contribution < 1.29 is 28.4 Å². The van der Waals surface area contributed by atoms with Crippen LogP contribution in [0.25, 0.3) is 0 Å². The summed E-state index contributed by atoms with van der Waals surface area (Å²) in [5, 5.41) is 0. The van der Waals surface area contributed by atoms with Crippen LogP contribution in [0.15, 0.2) is 0 Å². The fraction of sp³-hybridized carbons (Fsp3) is 1.00. The van der Waals surface area contributed by atoms with E-state index in [1.807, 2.05) is 0 Å². The third-order valence-corrected chi connectivity index (χ3v) is 4.50. The highest BCUT2D eigenvalue weighted by molar-refractivity contribution is 5.09. The molecular weight excluding hydrogens is 240 g/mol. The minimum Gasteiger partial charge on any atom is -0.356 e. The molecule has 2 heterocycles. The van der Waals surface area contributed by atoms with Gasteiger partial charge in [-0.3, -0.25) is 0 Å². The Morgan fingerprint density at radius 1 is 0.778 bits per heavy atom. The molecule has 3 rings (SSSR count). The van der Waals surface area contributed by atoms with Gasteiger partial charge in [-0.2, -0.15) is 0 Å². The molecule has 0 N–H and O–H groups in total. The Morgan fingerprint density at radius 3 is 1.67 bits per heavy atom. The average molecular weight is 260 g/mol. The van der Waals surface area contributed by atoms with Crippen LogP contribution in [0.2, 0.25) is 0 Å². The predicted molar refractivity (Wildman–Crippen MR) is 59.3 cm³/mol. The second-order valence-corrected chi connectivity index (χ2v) is 5.00. The minimum atomic E-state index is -0.282. The van der Waals surface area contributed by atoms with Crippen LogP contribution in [-0.2, 0) is 28.4 Å². The summed E-state index contributed by atoms with van der Waals surface area (Å²) in [5.74, 6) is 0.982. The molecule has 6 heteroatoms. The number of methoxy groups -OCH3 is 4. The Balaban J connectivity index is 1.84. The van der Waals surface area contributed by atoms with Crippen LogP contribution in [0, 0.1) is 23.7 Å². The number of ether oxygens (including phenoxy) is 6. The van der Waals surface area contributed by atoms with Crippen LogP contribution in [0.1, 0.15) is 0 Å². The maximum Gasteiger partial charge on any atom is 0.167 e. The predicted octanol–water partition coefficient (Wildman–Crippen LogP) is 0.415. The van der Waals surface area contributed by atoms with Gasteiger partial charge >= 0.3 is 0 Å². The summed E-state index contributed by atoms with van der Waals surface area (Å²) in [7, 11) is 6.60. The van der Waals surface area contributed by atoms with Crippen LogP contribution >= 0.6 is 0 Å². The van der Waals surface area contributed by atoms with E-state index in [0.29, 0.717) is 5.92 Å². The lowest BCUT2D eigenvalue weighted by Gasteiger charge is -2.49. The van der Waals surface area contributed by atoms with E-state index in [-0.39, 0.29) is 42.9 Å². The molecule has 0 aromatic carbocycles. The fourth-order valence-electron chi connectivity index (χ4n) is 3.83. The van der Waals surface area contributed by atoms with E-state index in [1.54, 1.807) is 28.4 Å². The summed E-state index contributed by atoms with van der Waals surface area (Å²) in [5.41, 5.74) is 0. The minimum absolute atomic E-state index is 0.174. The molecule has 2 saturated heterocycles. The largest absolute Gasteiger partial charge is 0.356 e. The molecule has 0 spiro atoms. The van der Waals surface area contributed by atoms with Gasteiger partial charge < -0.3 is 28.4 Å². The maximum absolute atomic E-state index is 5.75. The third kappa shape index (κ3) is 1.51. The number of rotatable bonds is 5. The van der Waals surface area contributed by atoms with Gasteiger partial charge in [0.2, 0.25) is 0 Å². The van der Waals surface area contributed by atoms with Gasteiger partial charge in [0.05, 0.1) is 0 Å². The summed E-state index contributed by atoms with van der Waals surface area (Å²) in [6.07, 6.45) is -0.991. The van der Waals surface area contributed by atoms with E-state index in [9.17, 15) is 0 Å². The Morgan fingerprint density at radius 2 is 1.28 bits per heavy atom. The van der Waals surface area contributed by atoms with E-state index in [1.165, 1.54) is 0 Å². The van der Waals surface area contributed by atoms with E-state index in [2.05, 4.69) is 0 Å². The van der Waals surface area contributed by atoms with Crippen LogP contribution in [0.5, 0.6) is 0 Å². The molecule has 0 radical (unpaired) electrons. The second-order valence-electron chi connectivity index (χ2n) is 5.00. The van der Waals surface area contributed by atoms with Crippen LogP contribution in [0.4, 0.5) is 0 Å². The molecule has 3 fully saturated rings. The van der Waals surface area contributed by atoms with Gasteiger partial charge in [0, 0.05) is 52.1 Å². The molecule has 104 valence electrons. The molecule has 6 nitrogen and oxygen atoms in total. The summed E-state index contributed by atoms with van der Waals surface area (Å²) in [6.45, 7) is 0. The highest BCUT2D eigenvalue weighted by atomic mass is 16.8. The molecule has 18 heavy (non-hydrogen) atoms. The summed E-state index contributed by atoms with van der Waals surface area (Å²) in [6, 6.07) is 0. The SMILES string of the molecule is COC(OC)C1[C@H]2C(OC)OC3OC(OC)[C@@H]1C32. The van der Waals surface area contributed by atoms with Crippen molar-refractivity contribution in [2.24, 2.45) is 23.7 Å². The van der Waals surface area contributed by atoms with Gasteiger partial charge in [0.25, 0.3) is 0 Å². The molecule has 7 atom stereocenters. The normalized spacial score (nSPS) is 49.5. The topological polar surface area (TPSA) is 55.4 Å². The third-order valence-electron chi connectivity index (χ3n) is 4.50. The molecule has 3 aliphatic rings. The number of hydrogen-bond acceptors (Lipinski definition) is 6. The van der Waals surface area contributed by atoms with Crippen molar-refractivity contribution in [2.45, 2.75) is 25.2 Å². The van der Waals surface area contributed by atoms with Crippen LogP contribution < -0.4 is 0 Å². The molecule has 1 aliphatic carbocycles. The molecule has 1 saturated carbocycles. The van der Waals surface area contributed by atoms with Gasteiger partial charge in [-0.15, -0.1) is 0 Å². The molecular formula is C12H20O6. The monoisotopic (exact) mass is 260 g/mol. The van der Waals surface area contributed by atoms with Gasteiger partial charge in [-0.1, -0.05) is 0 Å². The van der Waals surface area contributed by atoms with Crippen molar-refractivity contribution in [3.05, 3.63) is 0 Å². The molecule has 5 unspecified atom stereocenters. The van der Waals surface area contributed by atoms with Crippen molar-refractivity contribution in [1.82, 2.24) is 0 Å². The van der Waals surface area contributed by atoms with Crippen LogP contribution in [-0.4, -0.2) is 53.6 Å². The lowest BCUT2D eigenvalue weighted by Crippen LogP contribution is -2.56. The van der Waals surface area contributed by atoms with E-state index in [4.69, 9.17) is 28.4 Å². The summed E-state index contributed by atoms with van der Waals surface area (Å²) < 4.78 is 33.1. The van der Waals surface area contributed by atoms with E-state index < -0.39 is 0 Å². The molecule has 2 aliphatic heterocycles. The Labute approximate surface area is 106 Å². The lowest BCUT2D eigenvalue weighted by atomic mass is 9.57. The van der Waals surface area contributed by atoms with Crippen LogP contribution in [0.3, 0.4) is 0 Å². The highest BCUT2D eigenvalue weighted by Gasteiger charge is 2.71. The van der Waals surface area contributed by atoms with Crippen molar-refractivity contribution >= 4 is 0 Å².